The third kappa shape index (κ3) is 2.09. The molecule has 72 valence electrons. The molecule has 0 saturated carbocycles. The summed E-state index contributed by atoms with van der Waals surface area (Å²) in [7, 11) is 0. The van der Waals surface area contributed by atoms with Crippen LogP contribution in [-0.2, 0) is 0 Å². The van der Waals surface area contributed by atoms with E-state index < -0.39 is 0 Å². The Hall–Kier alpha value is -2.41. The Kier molecular flexibility index (Phi) is 2.56. The average Bonchev–Trinajstić information content (AvgIpc) is 2.31. The van der Waals surface area contributed by atoms with Crippen molar-refractivity contribution in [2.24, 2.45) is 0 Å². The number of para-hydroxylation sites is 1. The van der Waals surface area contributed by atoms with E-state index in [0.29, 0.717) is 5.75 Å². The Bertz CT molecular complexity index is 491. The molecule has 0 saturated heterocycles. The van der Waals surface area contributed by atoms with Crippen molar-refractivity contribution < 1.29 is 4.74 Å². The van der Waals surface area contributed by atoms with Crippen LogP contribution in [0.1, 0.15) is 5.69 Å². The van der Waals surface area contributed by atoms with E-state index in [9.17, 15) is 0 Å². The zero-order valence-corrected chi connectivity index (χ0v) is 7.79. The van der Waals surface area contributed by atoms with Crippen LogP contribution in [0.2, 0.25) is 0 Å². The summed E-state index contributed by atoms with van der Waals surface area (Å²) < 4.78 is 5.40. The Morgan fingerprint density at radius 3 is 2.53 bits per heavy atom. The molecule has 0 atom stereocenters. The summed E-state index contributed by atoms with van der Waals surface area (Å²) in [5.74, 6) is 0.862. The summed E-state index contributed by atoms with van der Waals surface area (Å²) in [4.78, 5) is 7.78. The molecule has 0 unspecified atom stereocenters. The highest BCUT2D eigenvalue weighted by Gasteiger charge is 2.05. The van der Waals surface area contributed by atoms with E-state index in [1.165, 1.54) is 12.4 Å². The molecule has 0 aliphatic heterocycles. The molecular formula is C11H7N3O. The minimum Gasteiger partial charge on any atom is -0.437 e. The zero-order valence-electron chi connectivity index (χ0n) is 7.79. The van der Waals surface area contributed by atoms with Crippen LogP contribution in [0.4, 0.5) is 0 Å². The predicted octanol–water partition coefficient (Wildman–Crippen LogP) is 2.14. The van der Waals surface area contributed by atoms with E-state index >= 15 is 0 Å². The van der Waals surface area contributed by atoms with Crippen LogP contribution in [0.25, 0.3) is 0 Å². The lowest BCUT2D eigenvalue weighted by molar-refractivity contribution is 0.458. The van der Waals surface area contributed by atoms with Crippen LogP contribution in [0.15, 0.2) is 42.7 Å². The van der Waals surface area contributed by atoms with Gasteiger partial charge in [0.1, 0.15) is 11.8 Å². The highest BCUT2D eigenvalue weighted by molar-refractivity contribution is 5.34. The monoisotopic (exact) mass is 197 g/mol. The first-order chi connectivity index (χ1) is 7.40. The average molecular weight is 197 g/mol. The van der Waals surface area contributed by atoms with E-state index in [2.05, 4.69) is 9.97 Å². The Balaban J connectivity index is 2.29. The molecule has 1 aromatic heterocycles. The molecule has 0 aliphatic carbocycles. The Morgan fingerprint density at radius 1 is 1.07 bits per heavy atom. The number of hydrogen-bond acceptors (Lipinski definition) is 4. The molecule has 0 fully saturated rings. The summed E-state index contributed by atoms with van der Waals surface area (Å²) in [5, 5.41) is 8.76. The van der Waals surface area contributed by atoms with Crippen LogP contribution in [0.5, 0.6) is 11.6 Å². The first kappa shape index (κ1) is 9.16. The third-order valence-corrected chi connectivity index (χ3v) is 1.73. The molecule has 2 aromatic rings. The molecule has 1 aromatic carbocycles. The SMILES string of the molecule is N#Cc1nccnc1Oc1ccccc1. The van der Waals surface area contributed by atoms with E-state index in [0.717, 1.165) is 0 Å². The second kappa shape index (κ2) is 4.20. The maximum Gasteiger partial charge on any atom is 0.256 e. The molecule has 4 nitrogen and oxygen atoms in total. The number of nitriles is 1. The molecule has 0 N–H and O–H groups in total. The smallest absolute Gasteiger partial charge is 0.256 e. The summed E-state index contributed by atoms with van der Waals surface area (Å²) in [6, 6.07) is 11.1. The fourth-order valence-corrected chi connectivity index (χ4v) is 1.08. The van der Waals surface area contributed by atoms with Gasteiger partial charge in [-0.25, -0.2) is 9.97 Å². The quantitative estimate of drug-likeness (QED) is 0.740. The van der Waals surface area contributed by atoms with Gasteiger partial charge in [0.05, 0.1) is 0 Å². The van der Waals surface area contributed by atoms with Crippen molar-refractivity contribution in [1.82, 2.24) is 9.97 Å². The van der Waals surface area contributed by atoms with Gasteiger partial charge < -0.3 is 4.74 Å². The maximum atomic E-state index is 8.76. The van der Waals surface area contributed by atoms with Crippen LogP contribution >= 0.6 is 0 Å². The first-order valence-electron chi connectivity index (χ1n) is 4.34. The van der Waals surface area contributed by atoms with Gasteiger partial charge in [-0.1, -0.05) is 18.2 Å². The minimum absolute atomic E-state index is 0.182. The lowest BCUT2D eigenvalue weighted by Crippen LogP contribution is -1.93. The lowest BCUT2D eigenvalue weighted by Gasteiger charge is -2.03. The molecule has 0 radical (unpaired) electrons. The molecule has 0 amide bonds. The van der Waals surface area contributed by atoms with Crippen molar-refractivity contribution in [3.05, 3.63) is 48.4 Å². The fourth-order valence-electron chi connectivity index (χ4n) is 1.08. The predicted molar refractivity (Wildman–Crippen MR) is 53.3 cm³/mol. The topological polar surface area (TPSA) is 58.8 Å². The molecule has 0 spiro atoms. The lowest BCUT2D eigenvalue weighted by atomic mass is 10.3. The van der Waals surface area contributed by atoms with Gasteiger partial charge in [-0.2, -0.15) is 5.26 Å². The molecule has 0 aliphatic rings. The molecule has 0 bridgehead atoms. The van der Waals surface area contributed by atoms with Gasteiger partial charge in [0.25, 0.3) is 5.88 Å². The van der Waals surface area contributed by atoms with Crippen molar-refractivity contribution in [3.8, 4) is 17.7 Å². The number of hydrogen-bond donors (Lipinski definition) is 0. The molecule has 4 heteroatoms. The van der Waals surface area contributed by atoms with Gasteiger partial charge in [0.15, 0.2) is 0 Å². The van der Waals surface area contributed by atoms with Crippen molar-refractivity contribution in [2.45, 2.75) is 0 Å². The summed E-state index contributed by atoms with van der Waals surface area (Å²) >= 11 is 0. The highest BCUT2D eigenvalue weighted by Crippen LogP contribution is 2.19. The van der Waals surface area contributed by atoms with Gasteiger partial charge in [-0.15, -0.1) is 0 Å². The Labute approximate surface area is 86.8 Å². The van der Waals surface area contributed by atoms with Crippen molar-refractivity contribution in [2.75, 3.05) is 0 Å². The fraction of sp³-hybridized carbons (Fsp3) is 0. The van der Waals surface area contributed by atoms with Crippen molar-refractivity contribution in [1.29, 1.82) is 5.26 Å². The number of ether oxygens (including phenoxy) is 1. The number of benzene rings is 1. The van der Waals surface area contributed by atoms with E-state index in [1.807, 2.05) is 24.3 Å². The van der Waals surface area contributed by atoms with Crippen LogP contribution in [0, 0.1) is 11.3 Å². The standard InChI is InChI=1S/C11H7N3O/c12-8-10-11(14-7-6-13-10)15-9-4-2-1-3-5-9/h1-7H. The molecule has 2 rings (SSSR count). The first-order valence-corrected chi connectivity index (χ1v) is 4.34. The maximum absolute atomic E-state index is 8.76. The Morgan fingerprint density at radius 2 is 1.80 bits per heavy atom. The van der Waals surface area contributed by atoms with Gasteiger partial charge in [-0.3, -0.25) is 0 Å². The van der Waals surface area contributed by atoms with Gasteiger partial charge >= 0.3 is 0 Å². The van der Waals surface area contributed by atoms with Crippen molar-refractivity contribution in [3.63, 3.8) is 0 Å². The zero-order chi connectivity index (χ0) is 10.5. The molecular weight excluding hydrogens is 190 g/mol. The van der Waals surface area contributed by atoms with E-state index in [1.54, 1.807) is 12.1 Å². The van der Waals surface area contributed by atoms with Gasteiger partial charge in [0.2, 0.25) is 5.69 Å². The number of rotatable bonds is 2. The van der Waals surface area contributed by atoms with E-state index in [4.69, 9.17) is 10.00 Å². The number of aromatic nitrogens is 2. The molecule has 15 heavy (non-hydrogen) atoms. The second-order valence-electron chi connectivity index (χ2n) is 2.74. The highest BCUT2D eigenvalue weighted by atomic mass is 16.5. The van der Waals surface area contributed by atoms with Crippen LogP contribution < -0.4 is 4.74 Å². The second-order valence-corrected chi connectivity index (χ2v) is 2.74. The normalized spacial score (nSPS) is 9.27. The van der Waals surface area contributed by atoms with Crippen LogP contribution in [-0.4, -0.2) is 9.97 Å². The van der Waals surface area contributed by atoms with Crippen molar-refractivity contribution >= 4 is 0 Å². The van der Waals surface area contributed by atoms with Gasteiger partial charge in [0, 0.05) is 12.4 Å². The van der Waals surface area contributed by atoms with Crippen LogP contribution in [0.3, 0.4) is 0 Å². The minimum atomic E-state index is 0.182. The summed E-state index contributed by atoms with van der Waals surface area (Å²) in [6.45, 7) is 0. The summed E-state index contributed by atoms with van der Waals surface area (Å²) in [5.41, 5.74) is 0.182. The summed E-state index contributed by atoms with van der Waals surface area (Å²) in [6.07, 6.45) is 2.94. The third-order valence-electron chi connectivity index (χ3n) is 1.73. The van der Waals surface area contributed by atoms with E-state index in [-0.39, 0.29) is 11.6 Å². The largest absolute Gasteiger partial charge is 0.437 e. The number of nitrogens with zero attached hydrogens (tertiary/aromatic N) is 3. The van der Waals surface area contributed by atoms with Gasteiger partial charge in [-0.05, 0) is 12.1 Å². The molecule has 1 heterocycles.